The lowest BCUT2D eigenvalue weighted by Gasteiger charge is -2.25. The van der Waals surface area contributed by atoms with Crippen molar-refractivity contribution in [2.75, 3.05) is 19.6 Å². The molecule has 0 rings (SSSR count). The summed E-state index contributed by atoms with van der Waals surface area (Å²) < 4.78 is 37.3. The van der Waals surface area contributed by atoms with Gasteiger partial charge in [-0.2, -0.15) is 13.2 Å². The van der Waals surface area contributed by atoms with E-state index in [9.17, 15) is 18.0 Å². The topological polar surface area (TPSA) is 46.3 Å². The monoisotopic (exact) mass is 296 g/mol. The number of carbonyl (C=O) groups is 1. The van der Waals surface area contributed by atoms with Gasteiger partial charge in [-0.15, -0.1) is 0 Å². The first-order chi connectivity index (χ1) is 9.21. The fraction of sp³-hybridized carbons (Fsp3) is 0.929. The summed E-state index contributed by atoms with van der Waals surface area (Å²) in [5, 5.41) is 0. The maximum atomic E-state index is 12.4. The molecule has 3 nitrogen and oxygen atoms in total. The van der Waals surface area contributed by atoms with Gasteiger partial charge in [0.1, 0.15) is 6.54 Å². The molecule has 0 aliphatic carbocycles. The van der Waals surface area contributed by atoms with Gasteiger partial charge in [0.2, 0.25) is 5.91 Å². The highest BCUT2D eigenvalue weighted by Gasteiger charge is 2.32. The number of hydrogen-bond donors (Lipinski definition) is 1. The van der Waals surface area contributed by atoms with Crippen LogP contribution in [0.4, 0.5) is 13.2 Å². The lowest BCUT2D eigenvalue weighted by molar-refractivity contribution is -0.161. The second kappa shape index (κ2) is 9.21. The zero-order valence-corrected chi connectivity index (χ0v) is 12.7. The van der Waals surface area contributed by atoms with Crippen LogP contribution < -0.4 is 5.73 Å². The number of amides is 1. The Bertz CT molecular complexity index is 280. The molecule has 0 saturated carbocycles. The molecule has 0 bridgehead atoms. The summed E-state index contributed by atoms with van der Waals surface area (Å²) in [7, 11) is 0. The minimum Gasteiger partial charge on any atom is -0.334 e. The van der Waals surface area contributed by atoms with E-state index in [-0.39, 0.29) is 13.0 Å². The quantitative estimate of drug-likeness (QED) is 0.710. The molecule has 20 heavy (non-hydrogen) atoms. The van der Waals surface area contributed by atoms with E-state index in [2.05, 4.69) is 0 Å². The summed E-state index contributed by atoms with van der Waals surface area (Å²) in [4.78, 5) is 12.9. The van der Waals surface area contributed by atoms with E-state index in [1.54, 1.807) is 6.92 Å². The molecule has 0 aromatic carbocycles. The Labute approximate surface area is 119 Å². The molecule has 0 aliphatic heterocycles. The van der Waals surface area contributed by atoms with E-state index in [1.165, 1.54) is 0 Å². The molecule has 0 spiro atoms. The van der Waals surface area contributed by atoms with Crippen LogP contribution >= 0.6 is 0 Å². The minimum absolute atomic E-state index is 0.154. The first kappa shape index (κ1) is 19.2. The smallest absolute Gasteiger partial charge is 0.334 e. The van der Waals surface area contributed by atoms with Gasteiger partial charge in [0, 0.05) is 13.0 Å². The highest BCUT2D eigenvalue weighted by molar-refractivity contribution is 5.76. The summed E-state index contributed by atoms with van der Waals surface area (Å²) in [5.74, 6) is 0.263. The third-order valence-corrected chi connectivity index (χ3v) is 3.43. The summed E-state index contributed by atoms with van der Waals surface area (Å²) in [6, 6.07) is 0. The maximum absolute atomic E-state index is 12.4. The third-order valence-electron chi connectivity index (χ3n) is 3.43. The SMILES string of the molecule is CCCN(CC(F)(F)F)C(=O)CCC(CCN)C(C)C. The van der Waals surface area contributed by atoms with Crippen molar-refractivity contribution in [3.05, 3.63) is 0 Å². The Morgan fingerprint density at radius 3 is 2.25 bits per heavy atom. The largest absolute Gasteiger partial charge is 0.406 e. The van der Waals surface area contributed by atoms with Crippen LogP contribution in [0.15, 0.2) is 0 Å². The number of nitrogens with two attached hydrogens (primary N) is 1. The average molecular weight is 296 g/mol. The van der Waals surface area contributed by atoms with Gasteiger partial charge in [-0.1, -0.05) is 20.8 Å². The van der Waals surface area contributed by atoms with Gasteiger partial charge < -0.3 is 10.6 Å². The van der Waals surface area contributed by atoms with Crippen LogP contribution in [0.3, 0.4) is 0 Å². The van der Waals surface area contributed by atoms with Crippen molar-refractivity contribution in [3.8, 4) is 0 Å². The van der Waals surface area contributed by atoms with Crippen LogP contribution in [-0.4, -0.2) is 36.6 Å². The van der Waals surface area contributed by atoms with Crippen molar-refractivity contribution >= 4 is 5.91 Å². The van der Waals surface area contributed by atoms with Crippen LogP contribution in [0, 0.1) is 11.8 Å². The number of carbonyl (C=O) groups excluding carboxylic acids is 1. The molecular weight excluding hydrogens is 269 g/mol. The van der Waals surface area contributed by atoms with Crippen molar-refractivity contribution in [1.29, 1.82) is 0 Å². The molecule has 6 heteroatoms. The second-order valence-corrected chi connectivity index (χ2v) is 5.55. The van der Waals surface area contributed by atoms with Crippen LogP contribution in [0.1, 0.15) is 46.5 Å². The predicted molar refractivity (Wildman–Crippen MR) is 74.2 cm³/mol. The van der Waals surface area contributed by atoms with Gasteiger partial charge in [0.15, 0.2) is 0 Å². The molecule has 0 radical (unpaired) electrons. The van der Waals surface area contributed by atoms with Crippen molar-refractivity contribution in [1.82, 2.24) is 4.90 Å². The van der Waals surface area contributed by atoms with Crippen LogP contribution in [0.5, 0.6) is 0 Å². The molecule has 0 fully saturated rings. The van der Waals surface area contributed by atoms with Gasteiger partial charge >= 0.3 is 6.18 Å². The second-order valence-electron chi connectivity index (χ2n) is 5.55. The van der Waals surface area contributed by atoms with E-state index < -0.39 is 18.6 Å². The Morgan fingerprint density at radius 1 is 1.25 bits per heavy atom. The molecular formula is C14H27F3N2O. The number of alkyl halides is 3. The van der Waals surface area contributed by atoms with E-state index in [1.807, 2.05) is 13.8 Å². The van der Waals surface area contributed by atoms with Crippen molar-refractivity contribution < 1.29 is 18.0 Å². The summed E-state index contributed by atoms with van der Waals surface area (Å²) in [6.07, 6.45) is -2.24. The van der Waals surface area contributed by atoms with E-state index in [4.69, 9.17) is 5.73 Å². The zero-order valence-electron chi connectivity index (χ0n) is 12.7. The number of nitrogens with zero attached hydrogens (tertiary/aromatic N) is 1. The molecule has 1 atom stereocenters. The highest BCUT2D eigenvalue weighted by Crippen LogP contribution is 2.22. The van der Waals surface area contributed by atoms with Crippen molar-refractivity contribution in [3.63, 3.8) is 0 Å². The first-order valence-corrected chi connectivity index (χ1v) is 7.25. The predicted octanol–water partition coefficient (Wildman–Crippen LogP) is 3.19. The van der Waals surface area contributed by atoms with E-state index in [0.29, 0.717) is 31.2 Å². The summed E-state index contributed by atoms with van der Waals surface area (Å²) in [5.41, 5.74) is 5.52. The molecule has 1 unspecified atom stereocenters. The molecule has 0 saturated heterocycles. The van der Waals surface area contributed by atoms with Gasteiger partial charge in [-0.05, 0) is 37.6 Å². The van der Waals surface area contributed by atoms with E-state index in [0.717, 1.165) is 11.3 Å². The highest BCUT2D eigenvalue weighted by atomic mass is 19.4. The molecule has 2 N–H and O–H groups in total. The maximum Gasteiger partial charge on any atom is 0.406 e. The lowest BCUT2D eigenvalue weighted by atomic mass is 9.88. The number of halogens is 3. The van der Waals surface area contributed by atoms with Crippen LogP contribution in [0.25, 0.3) is 0 Å². The average Bonchev–Trinajstić information content (AvgIpc) is 2.31. The Morgan fingerprint density at radius 2 is 1.85 bits per heavy atom. The lowest BCUT2D eigenvalue weighted by Crippen LogP contribution is -2.39. The van der Waals surface area contributed by atoms with Gasteiger partial charge in [-0.25, -0.2) is 0 Å². The standard InChI is InChI=1S/C14H27F3N2O/c1-4-9-19(10-14(15,16)17)13(20)6-5-12(7-8-18)11(2)3/h11-12H,4-10,18H2,1-3H3. The normalized spacial score (nSPS) is 13.6. The Kier molecular flexibility index (Phi) is 8.85. The Balaban J connectivity index is 4.44. The van der Waals surface area contributed by atoms with Gasteiger partial charge in [0.25, 0.3) is 0 Å². The molecule has 0 heterocycles. The summed E-state index contributed by atoms with van der Waals surface area (Å²) in [6.45, 7) is 5.40. The molecule has 0 aromatic rings. The molecule has 1 amide bonds. The Hall–Kier alpha value is -0.780. The fourth-order valence-electron chi connectivity index (χ4n) is 2.27. The third kappa shape index (κ3) is 8.40. The fourth-order valence-corrected chi connectivity index (χ4v) is 2.27. The molecule has 0 aliphatic rings. The molecule has 120 valence electrons. The zero-order chi connectivity index (χ0) is 15.8. The summed E-state index contributed by atoms with van der Waals surface area (Å²) >= 11 is 0. The van der Waals surface area contributed by atoms with Crippen LogP contribution in [0.2, 0.25) is 0 Å². The van der Waals surface area contributed by atoms with Gasteiger partial charge in [-0.3, -0.25) is 4.79 Å². The van der Waals surface area contributed by atoms with Gasteiger partial charge in [0.05, 0.1) is 0 Å². The van der Waals surface area contributed by atoms with Crippen LogP contribution in [-0.2, 0) is 4.79 Å². The molecule has 0 aromatic heterocycles. The van der Waals surface area contributed by atoms with Crippen molar-refractivity contribution in [2.24, 2.45) is 17.6 Å². The van der Waals surface area contributed by atoms with E-state index >= 15 is 0 Å². The first-order valence-electron chi connectivity index (χ1n) is 7.25. The van der Waals surface area contributed by atoms with Crippen molar-refractivity contribution in [2.45, 2.75) is 52.6 Å². The minimum atomic E-state index is -4.33. The number of hydrogen-bond acceptors (Lipinski definition) is 2. The number of rotatable bonds is 9.